The molecule has 0 saturated carbocycles. The van der Waals surface area contributed by atoms with E-state index in [1.165, 1.54) is 11.4 Å². The monoisotopic (exact) mass is 204 g/mol. The zero-order chi connectivity index (χ0) is 11.2. The second kappa shape index (κ2) is 3.16. The topological polar surface area (TPSA) is 6.48 Å². The van der Waals surface area contributed by atoms with Gasteiger partial charge >= 0.3 is 0 Å². The van der Waals surface area contributed by atoms with Crippen molar-refractivity contribution in [1.29, 1.82) is 0 Å². The molecule has 1 aromatic carbocycles. The third kappa shape index (κ3) is 1.48. The summed E-state index contributed by atoms with van der Waals surface area (Å²) in [5, 5.41) is 0. The minimum Gasteiger partial charge on any atom is -0.353 e. The summed E-state index contributed by atoms with van der Waals surface area (Å²) in [5.41, 5.74) is 2.85. The van der Waals surface area contributed by atoms with E-state index >= 15 is 0 Å². The number of rotatable bonds is 0. The van der Waals surface area contributed by atoms with Gasteiger partial charge in [0.05, 0.1) is 17.5 Å². The fraction of sp³-hybridized carbons (Fsp3) is 0.538. The molecule has 82 valence electrons. The van der Waals surface area contributed by atoms with Gasteiger partial charge in [0, 0.05) is 12.6 Å². The number of fused-ring (bicyclic) bond motifs is 1. The molecular weight excluding hydrogens is 184 g/mol. The Balaban J connectivity index is 2.52. The number of anilines is 2. The predicted octanol–water partition coefficient (Wildman–Crippen LogP) is 3.09. The van der Waals surface area contributed by atoms with E-state index in [-0.39, 0.29) is 5.54 Å². The van der Waals surface area contributed by atoms with Crippen LogP contribution in [0.15, 0.2) is 24.3 Å². The van der Waals surface area contributed by atoms with Gasteiger partial charge < -0.3 is 9.80 Å². The summed E-state index contributed by atoms with van der Waals surface area (Å²) in [7, 11) is 2.16. The van der Waals surface area contributed by atoms with Crippen LogP contribution in [-0.2, 0) is 0 Å². The van der Waals surface area contributed by atoms with Crippen LogP contribution in [0.2, 0.25) is 0 Å². The number of para-hydroxylation sites is 2. The number of hydrogen-bond acceptors (Lipinski definition) is 2. The molecule has 2 heteroatoms. The molecule has 0 aromatic heterocycles. The molecule has 1 aliphatic rings. The first kappa shape index (κ1) is 10.3. The largest absolute Gasteiger partial charge is 0.353 e. The first-order valence-corrected chi connectivity index (χ1v) is 5.54. The van der Waals surface area contributed by atoms with E-state index < -0.39 is 0 Å². The zero-order valence-electron chi connectivity index (χ0n) is 10.3. The number of benzene rings is 1. The van der Waals surface area contributed by atoms with Crippen molar-refractivity contribution < 1.29 is 0 Å². The quantitative estimate of drug-likeness (QED) is 0.640. The molecule has 0 fully saturated rings. The maximum Gasteiger partial charge on any atom is 0.0990 e. The molecule has 0 spiro atoms. The van der Waals surface area contributed by atoms with Gasteiger partial charge in [0.25, 0.3) is 0 Å². The van der Waals surface area contributed by atoms with Crippen molar-refractivity contribution in [2.24, 2.45) is 0 Å². The van der Waals surface area contributed by atoms with Crippen molar-refractivity contribution in [3.05, 3.63) is 24.3 Å². The maximum absolute atomic E-state index is 2.47. The maximum atomic E-state index is 2.47. The Morgan fingerprint density at radius 2 is 1.60 bits per heavy atom. The van der Waals surface area contributed by atoms with Crippen LogP contribution in [0.5, 0.6) is 0 Å². The van der Waals surface area contributed by atoms with Gasteiger partial charge in [0.2, 0.25) is 0 Å². The molecular formula is C13H20N2. The van der Waals surface area contributed by atoms with Crippen LogP contribution in [0.1, 0.15) is 27.7 Å². The van der Waals surface area contributed by atoms with Gasteiger partial charge in [-0.3, -0.25) is 0 Å². The van der Waals surface area contributed by atoms with Crippen molar-refractivity contribution >= 4 is 11.4 Å². The molecule has 0 saturated heterocycles. The highest BCUT2D eigenvalue weighted by molar-refractivity contribution is 5.77. The van der Waals surface area contributed by atoms with Gasteiger partial charge in [0.15, 0.2) is 0 Å². The van der Waals surface area contributed by atoms with E-state index in [9.17, 15) is 0 Å². The third-order valence-electron chi connectivity index (χ3n) is 3.18. The Kier molecular flexibility index (Phi) is 2.18. The molecule has 1 heterocycles. The zero-order valence-corrected chi connectivity index (χ0v) is 10.3. The van der Waals surface area contributed by atoms with Crippen molar-refractivity contribution in [1.82, 2.24) is 0 Å². The Hall–Kier alpha value is -1.18. The normalized spacial score (nSPS) is 20.7. The van der Waals surface area contributed by atoms with E-state index in [2.05, 4.69) is 68.8 Å². The summed E-state index contributed by atoms with van der Waals surface area (Å²) >= 11 is 0. The van der Waals surface area contributed by atoms with E-state index in [4.69, 9.17) is 0 Å². The summed E-state index contributed by atoms with van der Waals surface area (Å²) in [6, 6.07) is 8.62. The number of nitrogens with zero attached hydrogens (tertiary/aromatic N) is 2. The van der Waals surface area contributed by atoms with Crippen LogP contribution in [0.4, 0.5) is 11.4 Å². The molecule has 1 aromatic rings. The first-order chi connectivity index (χ1) is 6.93. The first-order valence-electron chi connectivity index (χ1n) is 5.54. The Bertz CT molecular complexity index is 365. The van der Waals surface area contributed by atoms with E-state index in [1.54, 1.807) is 0 Å². The van der Waals surface area contributed by atoms with Crippen molar-refractivity contribution in [2.75, 3.05) is 16.8 Å². The van der Waals surface area contributed by atoms with Crippen molar-refractivity contribution in [2.45, 2.75) is 39.4 Å². The summed E-state index contributed by atoms with van der Waals surface area (Å²) in [6.07, 6.45) is 0.433. The Morgan fingerprint density at radius 1 is 1.07 bits per heavy atom. The number of hydrogen-bond donors (Lipinski definition) is 0. The molecule has 0 bridgehead atoms. The highest BCUT2D eigenvalue weighted by atomic mass is 15.4. The fourth-order valence-electron chi connectivity index (χ4n) is 2.46. The van der Waals surface area contributed by atoms with Crippen LogP contribution in [-0.4, -0.2) is 18.8 Å². The van der Waals surface area contributed by atoms with Crippen molar-refractivity contribution in [3.63, 3.8) is 0 Å². The molecule has 2 rings (SSSR count). The Morgan fingerprint density at radius 3 is 2.13 bits per heavy atom. The second-order valence-electron chi connectivity index (χ2n) is 5.27. The van der Waals surface area contributed by atoms with E-state index in [0.29, 0.717) is 6.17 Å². The van der Waals surface area contributed by atoms with Gasteiger partial charge in [-0.2, -0.15) is 0 Å². The van der Waals surface area contributed by atoms with Crippen LogP contribution < -0.4 is 9.80 Å². The lowest BCUT2D eigenvalue weighted by Crippen LogP contribution is -2.49. The SMILES string of the molecule is C[C@H]1N(C)c2ccccc2N1C(C)(C)C. The smallest absolute Gasteiger partial charge is 0.0990 e. The molecule has 0 radical (unpaired) electrons. The van der Waals surface area contributed by atoms with Crippen LogP contribution >= 0.6 is 0 Å². The van der Waals surface area contributed by atoms with Gasteiger partial charge in [-0.1, -0.05) is 12.1 Å². The van der Waals surface area contributed by atoms with Crippen LogP contribution in [0, 0.1) is 0 Å². The lowest BCUT2D eigenvalue weighted by atomic mass is 10.0. The molecule has 0 amide bonds. The fourth-order valence-corrected chi connectivity index (χ4v) is 2.46. The van der Waals surface area contributed by atoms with Crippen LogP contribution in [0.25, 0.3) is 0 Å². The Labute approximate surface area is 92.5 Å². The average Bonchev–Trinajstić information content (AvgIpc) is 2.39. The molecule has 0 aliphatic carbocycles. The molecule has 15 heavy (non-hydrogen) atoms. The summed E-state index contributed by atoms with van der Waals surface area (Å²) in [6.45, 7) is 9.05. The molecule has 0 N–H and O–H groups in total. The van der Waals surface area contributed by atoms with Gasteiger partial charge in [-0.05, 0) is 39.8 Å². The summed E-state index contributed by atoms with van der Waals surface area (Å²) in [5.74, 6) is 0. The van der Waals surface area contributed by atoms with Crippen LogP contribution in [0.3, 0.4) is 0 Å². The lowest BCUT2D eigenvalue weighted by molar-refractivity contribution is 0.464. The highest BCUT2D eigenvalue weighted by Crippen LogP contribution is 2.41. The molecule has 0 unspecified atom stereocenters. The summed E-state index contributed by atoms with van der Waals surface area (Å²) in [4.78, 5) is 4.81. The summed E-state index contributed by atoms with van der Waals surface area (Å²) < 4.78 is 0. The minimum absolute atomic E-state index is 0.167. The standard InChI is InChI=1S/C13H20N2/c1-10-14(5)11-8-6-7-9-12(11)15(10)13(2,3)4/h6-10H,1-5H3/t10-/m0/s1. The predicted molar refractivity (Wildman–Crippen MR) is 66.5 cm³/mol. The molecule has 1 aliphatic heterocycles. The van der Waals surface area contributed by atoms with Gasteiger partial charge in [-0.25, -0.2) is 0 Å². The van der Waals surface area contributed by atoms with Crippen molar-refractivity contribution in [3.8, 4) is 0 Å². The third-order valence-corrected chi connectivity index (χ3v) is 3.18. The van der Waals surface area contributed by atoms with E-state index in [0.717, 1.165) is 0 Å². The highest BCUT2D eigenvalue weighted by Gasteiger charge is 2.36. The van der Waals surface area contributed by atoms with E-state index in [1.807, 2.05) is 0 Å². The molecule has 2 nitrogen and oxygen atoms in total. The minimum atomic E-state index is 0.167. The lowest BCUT2D eigenvalue weighted by Gasteiger charge is -2.39. The average molecular weight is 204 g/mol. The van der Waals surface area contributed by atoms with Gasteiger partial charge in [-0.15, -0.1) is 0 Å². The van der Waals surface area contributed by atoms with Gasteiger partial charge in [0.1, 0.15) is 0 Å². The second-order valence-corrected chi connectivity index (χ2v) is 5.27. The molecule has 1 atom stereocenters.